The standard InChI is InChI=1S/C18H36N2O/c1-5-17-9-8-15(4)20(17)12-10-16-7-6-11-18(16,13-21)19-14(2)3/h14-17,19,21H,5-13H2,1-4H3. The number of aliphatic hydroxyl groups is 1. The molecule has 0 spiro atoms. The lowest BCUT2D eigenvalue weighted by molar-refractivity contribution is 0.0966. The van der Waals surface area contributed by atoms with Gasteiger partial charge in [-0.05, 0) is 57.9 Å². The highest BCUT2D eigenvalue weighted by atomic mass is 16.3. The number of nitrogens with one attached hydrogen (secondary N) is 1. The molecule has 2 aliphatic rings. The molecule has 124 valence electrons. The van der Waals surface area contributed by atoms with Crippen molar-refractivity contribution in [1.29, 1.82) is 0 Å². The molecule has 0 aromatic heterocycles. The second-order valence-electron chi connectivity index (χ2n) is 7.72. The van der Waals surface area contributed by atoms with E-state index in [1.807, 2.05) is 0 Å². The predicted octanol–water partition coefficient (Wildman–Crippen LogP) is 3.17. The third kappa shape index (κ3) is 3.80. The minimum atomic E-state index is -0.0150. The van der Waals surface area contributed by atoms with Crippen molar-refractivity contribution in [3.8, 4) is 0 Å². The van der Waals surface area contributed by atoms with Crippen LogP contribution in [0.25, 0.3) is 0 Å². The first-order valence-corrected chi connectivity index (χ1v) is 9.16. The van der Waals surface area contributed by atoms with E-state index < -0.39 is 0 Å². The van der Waals surface area contributed by atoms with E-state index in [1.165, 1.54) is 45.1 Å². The number of aliphatic hydroxyl groups excluding tert-OH is 1. The van der Waals surface area contributed by atoms with Gasteiger partial charge >= 0.3 is 0 Å². The van der Waals surface area contributed by atoms with Crippen LogP contribution in [0.5, 0.6) is 0 Å². The normalized spacial score (nSPS) is 37.7. The summed E-state index contributed by atoms with van der Waals surface area (Å²) in [6.07, 6.45) is 8.93. The third-order valence-electron chi connectivity index (χ3n) is 5.98. The molecule has 1 aliphatic carbocycles. The zero-order valence-electron chi connectivity index (χ0n) is 14.6. The molecular weight excluding hydrogens is 260 g/mol. The van der Waals surface area contributed by atoms with Gasteiger partial charge in [-0.1, -0.05) is 27.2 Å². The molecule has 3 nitrogen and oxygen atoms in total. The van der Waals surface area contributed by atoms with E-state index in [-0.39, 0.29) is 5.54 Å². The third-order valence-corrected chi connectivity index (χ3v) is 5.98. The Morgan fingerprint density at radius 3 is 2.67 bits per heavy atom. The Morgan fingerprint density at radius 1 is 1.29 bits per heavy atom. The van der Waals surface area contributed by atoms with Gasteiger partial charge in [0.1, 0.15) is 0 Å². The molecule has 2 rings (SSSR count). The largest absolute Gasteiger partial charge is 0.394 e. The molecule has 0 aromatic rings. The molecule has 4 atom stereocenters. The summed E-state index contributed by atoms with van der Waals surface area (Å²) in [5.41, 5.74) is -0.0150. The van der Waals surface area contributed by atoms with E-state index in [9.17, 15) is 5.11 Å². The fourth-order valence-electron chi connectivity index (χ4n) is 4.86. The van der Waals surface area contributed by atoms with Gasteiger partial charge in [0.05, 0.1) is 6.61 Å². The maximum atomic E-state index is 10.0. The van der Waals surface area contributed by atoms with Crippen molar-refractivity contribution in [3.05, 3.63) is 0 Å². The molecule has 2 N–H and O–H groups in total. The minimum Gasteiger partial charge on any atom is -0.394 e. The van der Waals surface area contributed by atoms with Crippen molar-refractivity contribution in [2.45, 2.75) is 96.3 Å². The molecule has 1 saturated heterocycles. The van der Waals surface area contributed by atoms with Gasteiger partial charge in [-0.15, -0.1) is 0 Å². The maximum Gasteiger partial charge on any atom is 0.0616 e. The number of nitrogens with zero attached hydrogens (tertiary/aromatic N) is 1. The van der Waals surface area contributed by atoms with Crippen molar-refractivity contribution >= 4 is 0 Å². The van der Waals surface area contributed by atoms with E-state index in [0.717, 1.165) is 18.5 Å². The molecule has 2 fully saturated rings. The maximum absolute atomic E-state index is 10.0. The van der Waals surface area contributed by atoms with Crippen LogP contribution in [0.2, 0.25) is 0 Å². The Labute approximate surface area is 131 Å². The molecule has 1 heterocycles. The van der Waals surface area contributed by atoms with Gasteiger partial charge in [0.2, 0.25) is 0 Å². The Balaban J connectivity index is 1.94. The Kier molecular flexibility index (Phi) is 6.10. The van der Waals surface area contributed by atoms with Crippen LogP contribution in [0.4, 0.5) is 0 Å². The lowest BCUT2D eigenvalue weighted by atomic mass is 9.84. The monoisotopic (exact) mass is 296 g/mol. The summed E-state index contributed by atoms with van der Waals surface area (Å²) in [5.74, 6) is 0.634. The number of likely N-dealkylation sites (tertiary alicyclic amines) is 1. The van der Waals surface area contributed by atoms with Crippen LogP contribution in [0, 0.1) is 5.92 Å². The smallest absolute Gasteiger partial charge is 0.0616 e. The minimum absolute atomic E-state index is 0.0150. The summed E-state index contributed by atoms with van der Waals surface area (Å²) in [6, 6.07) is 1.99. The lowest BCUT2D eigenvalue weighted by Crippen LogP contribution is -2.54. The van der Waals surface area contributed by atoms with Crippen molar-refractivity contribution < 1.29 is 5.11 Å². The van der Waals surface area contributed by atoms with Crippen LogP contribution in [-0.4, -0.2) is 46.8 Å². The Hall–Kier alpha value is -0.120. The van der Waals surface area contributed by atoms with E-state index in [0.29, 0.717) is 18.6 Å². The van der Waals surface area contributed by atoms with Gasteiger partial charge in [-0.3, -0.25) is 4.90 Å². The number of hydrogen-bond acceptors (Lipinski definition) is 3. The molecule has 1 aliphatic heterocycles. The molecule has 4 unspecified atom stereocenters. The average Bonchev–Trinajstić information content (AvgIpc) is 3.00. The molecule has 21 heavy (non-hydrogen) atoms. The highest BCUT2D eigenvalue weighted by Crippen LogP contribution is 2.39. The Bertz CT molecular complexity index is 320. The highest BCUT2D eigenvalue weighted by Gasteiger charge is 2.42. The predicted molar refractivity (Wildman–Crippen MR) is 89.5 cm³/mol. The lowest BCUT2D eigenvalue weighted by Gasteiger charge is -2.38. The number of rotatable bonds is 7. The fraction of sp³-hybridized carbons (Fsp3) is 1.00. The van der Waals surface area contributed by atoms with Crippen molar-refractivity contribution in [3.63, 3.8) is 0 Å². The second kappa shape index (κ2) is 7.43. The van der Waals surface area contributed by atoms with Crippen LogP contribution < -0.4 is 5.32 Å². The Morgan fingerprint density at radius 2 is 2.05 bits per heavy atom. The summed E-state index contributed by atoms with van der Waals surface area (Å²) in [6.45, 7) is 10.6. The van der Waals surface area contributed by atoms with Crippen molar-refractivity contribution in [2.24, 2.45) is 5.92 Å². The van der Waals surface area contributed by atoms with Gasteiger partial charge in [-0.25, -0.2) is 0 Å². The molecule has 0 bridgehead atoms. The van der Waals surface area contributed by atoms with Crippen molar-refractivity contribution in [1.82, 2.24) is 10.2 Å². The summed E-state index contributed by atoms with van der Waals surface area (Å²) < 4.78 is 0. The average molecular weight is 296 g/mol. The molecular formula is C18H36N2O. The highest BCUT2D eigenvalue weighted by molar-refractivity contribution is 5.00. The fourth-order valence-corrected chi connectivity index (χ4v) is 4.86. The summed E-state index contributed by atoms with van der Waals surface area (Å²) in [5, 5.41) is 13.7. The van der Waals surface area contributed by atoms with Crippen LogP contribution >= 0.6 is 0 Å². The van der Waals surface area contributed by atoms with Crippen LogP contribution in [0.3, 0.4) is 0 Å². The molecule has 0 aromatic carbocycles. The summed E-state index contributed by atoms with van der Waals surface area (Å²) >= 11 is 0. The van der Waals surface area contributed by atoms with Crippen molar-refractivity contribution in [2.75, 3.05) is 13.2 Å². The van der Waals surface area contributed by atoms with E-state index >= 15 is 0 Å². The van der Waals surface area contributed by atoms with Crippen LogP contribution in [-0.2, 0) is 0 Å². The quantitative estimate of drug-likeness (QED) is 0.757. The van der Waals surface area contributed by atoms with Gasteiger partial charge in [-0.2, -0.15) is 0 Å². The molecule has 1 saturated carbocycles. The van der Waals surface area contributed by atoms with Gasteiger partial charge in [0.15, 0.2) is 0 Å². The van der Waals surface area contributed by atoms with Crippen LogP contribution in [0.15, 0.2) is 0 Å². The summed E-state index contributed by atoms with van der Waals surface area (Å²) in [4.78, 5) is 2.73. The number of hydrogen-bond donors (Lipinski definition) is 2. The van der Waals surface area contributed by atoms with Crippen LogP contribution in [0.1, 0.15) is 72.6 Å². The first kappa shape index (κ1) is 17.2. The zero-order chi connectivity index (χ0) is 15.5. The molecule has 0 radical (unpaired) electrons. The van der Waals surface area contributed by atoms with Gasteiger partial charge in [0.25, 0.3) is 0 Å². The van der Waals surface area contributed by atoms with Gasteiger partial charge in [0, 0.05) is 23.7 Å². The molecule has 3 heteroatoms. The van der Waals surface area contributed by atoms with E-state index in [1.54, 1.807) is 0 Å². The van der Waals surface area contributed by atoms with Gasteiger partial charge < -0.3 is 10.4 Å². The summed E-state index contributed by atoms with van der Waals surface area (Å²) in [7, 11) is 0. The SMILES string of the molecule is CCC1CCC(C)N1CCC1CCCC1(CO)NC(C)C. The zero-order valence-corrected chi connectivity index (χ0v) is 14.6. The first-order chi connectivity index (χ1) is 10.0. The molecule has 0 amide bonds. The second-order valence-corrected chi connectivity index (χ2v) is 7.72. The van der Waals surface area contributed by atoms with E-state index in [4.69, 9.17) is 0 Å². The van der Waals surface area contributed by atoms with E-state index in [2.05, 4.69) is 37.9 Å². The first-order valence-electron chi connectivity index (χ1n) is 9.16. The topological polar surface area (TPSA) is 35.5 Å².